The van der Waals surface area contributed by atoms with Crippen LogP contribution in [-0.2, 0) is 9.53 Å². The topological polar surface area (TPSA) is 130 Å². The fourth-order valence-corrected chi connectivity index (χ4v) is 6.23. The average molecular weight is 608 g/mol. The zero-order valence-corrected chi connectivity index (χ0v) is 24.4. The number of halogens is 1. The second kappa shape index (κ2) is 11.8. The number of nitro groups is 1. The van der Waals surface area contributed by atoms with Crippen molar-refractivity contribution in [2.45, 2.75) is 43.0 Å². The van der Waals surface area contributed by atoms with Gasteiger partial charge in [-0.2, -0.15) is 0 Å². The van der Waals surface area contributed by atoms with E-state index >= 15 is 0 Å². The van der Waals surface area contributed by atoms with E-state index in [2.05, 4.69) is 15.0 Å². The zero-order valence-electron chi connectivity index (χ0n) is 22.0. The Morgan fingerprint density at radius 2 is 1.90 bits per heavy atom. The number of esters is 1. The smallest absolute Gasteiger partial charge is 0.338 e. The number of nitrogens with zero attached hydrogens (tertiary/aromatic N) is 5. The molecular formula is C28H22ClN5O5S2. The van der Waals surface area contributed by atoms with E-state index < -0.39 is 22.5 Å². The molecule has 0 saturated heterocycles. The Labute approximate surface area is 246 Å². The van der Waals surface area contributed by atoms with Crippen molar-refractivity contribution in [2.75, 3.05) is 0 Å². The van der Waals surface area contributed by atoms with Crippen LogP contribution in [-0.4, -0.2) is 31.5 Å². The Morgan fingerprint density at radius 3 is 2.56 bits per heavy atom. The van der Waals surface area contributed by atoms with E-state index in [0.29, 0.717) is 41.2 Å². The summed E-state index contributed by atoms with van der Waals surface area (Å²) in [5.41, 5.74) is 1.27. The van der Waals surface area contributed by atoms with Gasteiger partial charge in [0.2, 0.25) is 0 Å². The third kappa shape index (κ3) is 5.99. The highest BCUT2D eigenvalue weighted by atomic mass is 35.5. The molecule has 3 heterocycles. The number of hydrogen-bond acceptors (Lipinski definition) is 10. The van der Waals surface area contributed by atoms with E-state index in [1.54, 1.807) is 81.7 Å². The van der Waals surface area contributed by atoms with Crippen LogP contribution in [0.2, 0.25) is 5.02 Å². The monoisotopic (exact) mass is 607 g/mol. The number of nitro benzene ring substituents is 1. The molecule has 0 fully saturated rings. The first-order chi connectivity index (χ1) is 19.6. The lowest BCUT2D eigenvalue weighted by atomic mass is 9.96. The lowest BCUT2D eigenvalue weighted by molar-refractivity contribution is -0.387. The molecule has 1 aliphatic heterocycles. The highest BCUT2D eigenvalue weighted by Crippen LogP contribution is 2.34. The van der Waals surface area contributed by atoms with E-state index in [9.17, 15) is 19.7 Å². The lowest BCUT2D eigenvalue weighted by Crippen LogP contribution is -2.40. The van der Waals surface area contributed by atoms with Gasteiger partial charge in [-0.3, -0.25) is 19.5 Å². The molecule has 5 rings (SSSR count). The van der Waals surface area contributed by atoms with Crippen LogP contribution in [0.3, 0.4) is 0 Å². The van der Waals surface area contributed by atoms with Gasteiger partial charge >= 0.3 is 5.97 Å². The van der Waals surface area contributed by atoms with E-state index in [-0.39, 0.29) is 17.4 Å². The number of ether oxygens (including phenoxy) is 1. The van der Waals surface area contributed by atoms with Crippen molar-refractivity contribution in [3.63, 3.8) is 0 Å². The summed E-state index contributed by atoms with van der Waals surface area (Å²) >= 11 is 8.32. The Morgan fingerprint density at radius 1 is 1.20 bits per heavy atom. The van der Waals surface area contributed by atoms with Crippen LogP contribution in [0.25, 0.3) is 6.08 Å². The van der Waals surface area contributed by atoms with E-state index in [1.165, 1.54) is 10.6 Å². The Bertz CT molecular complexity index is 1870. The molecule has 10 nitrogen and oxygen atoms in total. The predicted octanol–water partition coefficient (Wildman–Crippen LogP) is 4.69. The van der Waals surface area contributed by atoms with Crippen molar-refractivity contribution >= 4 is 52.4 Å². The molecule has 0 radical (unpaired) electrons. The first kappa shape index (κ1) is 28.4. The largest absolute Gasteiger partial charge is 0.459 e. The van der Waals surface area contributed by atoms with E-state index in [4.69, 9.17) is 16.3 Å². The van der Waals surface area contributed by atoms with Gasteiger partial charge in [0.1, 0.15) is 0 Å². The summed E-state index contributed by atoms with van der Waals surface area (Å²) in [4.78, 5) is 52.0. The molecule has 0 bridgehead atoms. The zero-order chi connectivity index (χ0) is 29.3. The Kier molecular flexibility index (Phi) is 8.15. The molecule has 13 heteroatoms. The Balaban J connectivity index is 1.62. The molecule has 0 amide bonds. The van der Waals surface area contributed by atoms with Crippen LogP contribution < -0.4 is 14.9 Å². The molecule has 0 spiro atoms. The maximum absolute atomic E-state index is 13.8. The Hall–Kier alpha value is -4.13. The number of thiazole rings is 1. The third-order valence-electron chi connectivity index (χ3n) is 5.99. The van der Waals surface area contributed by atoms with Crippen molar-refractivity contribution in [2.24, 2.45) is 4.99 Å². The number of carbonyl (C=O) groups excluding carboxylic acids is 1. The van der Waals surface area contributed by atoms with E-state index in [1.807, 2.05) is 0 Å². The van der Waals surface area contributed by atoms with Gasteiger partial charge in [-0.25, -0.2) is 19.8 Å². The van der Waals surface area contributed by atoms with Crippen molar-refractivity contribution < 1.29 is 14.5 Å². The highest BCUT2D eigenvalue weighted by Gasteiger charge is 2.33. The first-order valence-corrected chi connectivity index (χ1v) is 14.4. The van der Waals surface area contributed by atoms with Gasteiger partial charge in [0.05, 0.1) is 37.8 Å². The normalized spacial score (nSPS) is 15.0. The van der Waals surface area contributed by atoms with Crippen LogP contribution >= 0.6 is 34.7 Å². The average Bonchev–Trinajstić information content (AvgIpc) is 3.23. The molecule has 0 unspecified atom stereocenters. The van der Waals surface area contributed by atoms with Gasteiger partial charge in [0, 0.05) is 23.5 Å². The number of rotatable bonds is 7. The summed E-state index contributed by atoms with van der Waals surface area (Å²) in [6.45, 7) is 5.19. The molecule has 1 aliphatic rings. The van der Waals surface area contributed by atoms with Crippen LogP contribution in [0.5, 0.6) is 0 Å². The van der Waals surface area contributed by atoms with Gasteiger partial charge < -0.3 is 4.74 Å². The summed E-state index contributed by atoms with van der Waals surface area (Å²) in [5, 5.41) is 12.8. The molecule has 2 aromatic heterocycles. The van der Waals surface area contributed by atoms with Gasteiger partial charge in [-0.05, 0) is 74.0 Å². The van der Waals surface area contributed by atoms with Crippen LogP contribution in [0.1, 0.15) is 37.9 Å². The molecule has 2 aromatic carbocycles. The fraction of sp³-hybridized carbons (Fsp3) is 0.179. The number of benzene rings is 2. The summed E-state index contributed by atoms with van der Waals surface area (Å²) in [6.07, 6.45) is 4.32. The minimum Gasteiger partial charge on any atom is -0.459 e. The number of aromatic nitrogens is 3. The van der Waals surface area contributed by atoms with Gasteiger partial charge in [0.15, 0.2) is 9.96 Å². The van der Waals surface area contributed by atoms with Crippen molar-refractivity contribution in [3.8, 4) is 0 Å². The van der Waals surface area contributed by atoms with Crippen molar-refractivity contribution in [3.05, 3.63) is 118 Å². The number of hydrogen-bond donors (Lipinski definition) is 0. The number of fused-ring (bicyclic) bond motifs is 1. The molecule has 0 N–H and O–H groups in total. The molecular weight excluding hydrogens is 586 g/mol. The van der Waals surface area contributed by atoms with Crippen LogP contribution in [0, 0.1) is 10.1 Å². The molecule has 1 atom stereocenters. The summed E-state index contributed by atoms with van der Waals surface area (Å²) in [5.74, 6) is -0.568. The van der Waals surface area contributed by atoms with Gasteiger partial charge in [-0.1, -0.05) is 41.1 Å². The van der Waals surface area contributed by atoms with Crippen LogP contribution in [0.4, 0.5) is 5.69 Å². The SMILES string of the molecule is CC1=C(C(=O)OC(C)C)[C@H](c2ccc(Cl)cc2)n2c(s/c(=C/c3ccc(Sc4ncccn4)c([N+](=O)[O-])c3)c2=O)=N1. The molecule has 4 aromatic rings. The quantitative estimate of drug-likeness (QED) is 0.128. The van der Waals surface area contributed by atoms with Crippen molar-refractivity contribution in [1.29, 1.82) is 0 Å². The fourth-order valence-electron chi connectivity index (χ4n) is 4.26. The molecule has 0 aliphatic carbocycles. The number of allylic oxidation sites excluding steroid dienone is 1. The second-order valence-corrected chi connectivity index (χ2v) is 11.7. The molecule has 208 valence electrons. The predicted molar refractivity (Wildman–Crippen MR) is 156 cm³/mol. The maximum Gasteiger partial charge on any atom is 0.338 e. The minimum atomic E-state index is -0.795. The summed E-state index contributed by atoms with van der Waals surface area (Å²) in [7, 11) is 0. The van der Waals surface area contributed by atoms with Gasteiger partial charge in [0.25, 0.3) is 11.2 Å². The standard InChI is InChI=1S/C28H22ClN5O5S2/c1-15(2)39-26(36)23-16(3)32-28-33(24(23)18-6-8-19(29)9-7-18)25(35)22(41-28)14-17-5-10-21(20(13-17)34(37)38)40-27-30-11-4-12-31-27/h4-15,24H,1-3H3/b22-14+/t24-/m0/s1. The molecule has 41 heavy (non-hydrogen) atoms. The van der Waals surface area contributed by atoms with Crippen molar-refractivity contribution in [1.82, 2.24) is 14.5 Å². The number of carbonyl (C=O) groups is 1. The van der Waals surface area contributed by atoms with Gasteiger partial charge in [-0.15, -0.1) is 0 Å². The lowest BCUT2D eigenvalue weighted by Gasteiger charge is -2.25. The molecule has 0 saturated carbocycles. The summed E-state index contributed by atoms with van der Waals surface area (Å²) in [6, 6.07) is 12.4. The third-order valence-corrected chi connectivity index (χ3v) is 8.18. The van der Waals surface area contributed by atoms with E-state index in [0.717, 1.165) is 23.1 Å². The second-order valence-electron chi connectivity index (χ2n) is 9.21. The maximum atomic E-state index is 13.8. The minimum absolute atomic E-state index is 0.141. The summed E-state index contributed by atoms with van der Waals surface area (Å²) < 4.78 is 7.26. The first-order valence-electron chi connectivity index (χ1n) is 12.3. The van der Waals surface area contributed by atoms with Crippen LogP contribution in [0.15, 0.2) is 92.0 Å². The highest BCUT2D eigenvalue weighted by molar-refractivity contribution is 7.99.